The summed E-state index contributed by atoms with van der Waals surface area (Å²) in [7, 11) is 0. The third kappa shape index (κ3) is 1.35. The van der Waals surface area contributed by atoms with Crippen LogP contribution in [0.3, 0.4) is 0 Å². The van der Waals surface area contributed by atoms with Gasteiger partial charge in [0.05, 0.1) is 5.52 Å². The molecule has 2 aromatic rings. The zero-order valence-electron chi connectivity index (χ0n) is 7.77. The summed E-state index contributed by atoms with van der Waals surface area (Å²) < 4.78 is 0. The zero-order valence-corrected chi connectivity index (χ0v) is 7.77. The lowest BCUT2D eigenvalue weighted by Crippen LogP contribution is -1.85. The van der Waals surface area contributed by atoms with E-state index in [4.69, 9.17) is 0 Å². The monoisotopic (exact) mass is 185 g/mol. The van der Waals surface area contributed by atoms with Gasteiger partial charge in [0, 0.05) is 11.6 Å². The molecule has 2 nitrogen and oxygen atoms in total. The fourth-order valence-corrected chi connectivity index (χ4v) is 1.50. The molecule has 70 valence electrons. The molecule has 1 heterocycles. The van der Waals surface area contributed by atoms with Gasteiger partial charge in [-0.2, -0.15) is 0 Å². The molecular weight excluding hydrogens is 174 g/mol. The molecular formula is C12H11NO. The molecule has 1 aromatic carbocycles. The summed E-state index contributed by atoms with van der Waals surface area (Å²) in [5, 5.41) is 10.7. The van der Waals surface area contributed by atoms with Crippen molar-refractivity contribution in [3.63, 3.8) is 0 Å². The second-order valence-electron chi connectivity index (χ2n) is 3.14. The highest BCUT2D eigenvalue weighted by Crippen LogP contribution is 2.27. The second-order valence-corrected chi connectivity index (χ2v) is 3.14. The van der Waals surface area contributed by atoms with Gasteiger partial charge in [0.15, 0.2) is 0 Å². The summed E-state index contributed by atoms with van der Waals surface area (Å²) >= 11 is 0. The number of allylic oxidation sites excluding steroid dienone is 1. The normalized spacial score (nSPS) is 10.3. The number of hydrogen-bond acceptors (Lipinski definition) is 2. The van der Waals surface area contributed by atoms with Crippen LogP contribution in [-0.4, -0.2) is 10.1 Å². The molecule has 0 atom stereocenters. The molecule has 0 aliphatic carbocycles. The van der Waals surface area contributed by atoms with E-state index in [1.807, 2.05) is 24.3 Å². The van der Waals surface area contributed by atoms with Crippen LogP contribution in [-0.2, 0) is 6.42 Å². The number of phenolic OH excluding ortho intramolecular Hbond substituents is 1. The summed E-state index contributed by atoms with van der Waals surface area (Å²) in [6.07, 6.45) is 4.17. The van der Waals surface area contributed by atoms with Crippen LogP contribution in [0.1, 0.15) is 5.56 Å². The van der Waals surface area contributed by atoms with E-state index >= 15 is 0 Å². The van der Waals surface area contributed by atoms with Crippen molar-refractivity contribution in [2.75, 3.05) is 0 Å². The first-order valence-corrected chi connectivity index (χ1v) is 4.49. The molecule has 1 N–H and O–H groups in total. The second kappa shape index (κ2) is 3.50. The number of aromatic nitrogens is 1. The number of fused-ring (bicyclic) bond motifs is 1. The predicted molar refractivity (Wildman–Crippen MR) is 57.3 cm³/mol. The van der Waals surface area contributed by atoms with Crippen molar-refractivity contribution < 1.29 is 5.11 Å². The summed E-state index contributed by atoms with van der Waals surface area (Å²) in [5.41, 5.74) is 1.71. The third-order valence-corrected chi connectivity index (χ3v) is 2.20. The van der Waals surface area contributed by atoms with E-state index in [9.17, 15) is 5.11 Å². The van der Waals surface area contributed by atoms with E-state index in [0.717, 1.165) is 16.5 Å². The van der Waals surface area contributed by atoms with Gasteiger partial charge in [0.25, 0.3) is 0 Å². The van der Waals surface area contributed by atoms with Crippen LogP contribution >= 0.6 is 0 Å². The van der Waals surface area contributed by atoms with Crippen molar-refractivity contribution in [2.24, 2.45) is 0 Å². The Labute approximate surface area is 82.5 Å². The summed E-state index contributed by atoms with van der Waals surface area (Å²) in [6, 6.07) is 7.48. The number of benzene rings is 1. The van der Waals surface area contributed by atoms with Crippen LogP contribution < -0.4 is 0 Å². The van der Waals surface area contributed by atoms with Gasteiger partial charge in [-0.05, 0) is 30.2 Å². The third-order valence-electron chi connectivity index (χ3n) is 2.20. The van der Waals surface area contributed by atoms with E-state index in [2.05, 4.69) is 11.6 Å². The van der Waals surface area contributed by atoms with E-state index in [1.54, 1.807) is 12.3 Å². The standard InChI is InChI=1S/C12H11NO/c1-2-4-9-6-7-11-10(12(9)14)5-3-8-13-11/h2-3,5-8,14H,1,4H2. The van der Waals surface area contributed by atoms with Gasteiger partial charge >= 0.3 is 0 Å². The van der Waals surface area contributed by atoms with Crippen molar-refractivity contribution in [1.82, 2.24) is 4.98 Å². The maximum atomic E-state index is 9.89. The lowest BCUT2D eigenvalue weighted by atomic mass is 10.1. The van der Waals surface area contributed by atoms with Gasteiger partial charge in [0.1, 0.15) is 5.75 Å². The highest BCUT2D eigenvalue weighted by Gasteiger charge is 2.04. The molecule has 0 saturated heterocycles. The molecule has 0 aliphatic heterocycles. The molecule has 0 spiro atoms. The minimum Gasteiger partial charge on any atom is -0.507 e. The Morgan fingerprint density at radius 3 is 3.00 bits per heavy atom. The largest absolute Gasteiger partial charge is 0.507 e. The van der Waals surface area contributed by atoms with E-state index in [0.29, 0.717) is 12.2 Å². The molecule has 14 heavy (non-hydrogen) atoms. The molecule has 0 fully saturated rings. The van der Waals surface area contributed by atoms with Gasteiger partial charge in [-0.1, -0.05) is 12.1 Å². The minimum atomic E-state index is 0.315. The molecule has 0 radical (unpaired) electrons. The Balaban J connectivity index is 2.68. The topological polar surface area (TPSA) is 33.1 Å². The van der Waals surface area contributed by atoms with E-state index in [-0.39, 0.29) is 0 Å². The SMILES string of the molecule is C=CCc1ccc2ncccc2c1O. The van der Waals surface area contributed by atoms with Crippen molar-refractivity contribution in [2.45, 2.75) is 6.42 Å². The fraction of sp³-hybridized carbons (Fsp3) is 0.0833. The van der Waals surface area contributed by atoms with Gasteiger partial charge in [0.2, 0.25) is 0 Å². The van der Waals surface area contributed by atoms with E-state index in [1.165, 1.54) is 0 Å². The van der Waals surface area contributed by atoms with Gasteiger partial charge in [-0.25, -0.2) is 0 Å². The summed E-state index contributed by atoms with van der Waals surface area (Å²) in [4.78, 5) is 4.16. The number of aromatic hydroxyl groups is 1. The highest BCUT2D eigenvalue weighted by molar-refractivity contribution is 5.86. The number of nitrogens with zero attached hydrogens (tertiary/aromatic N) is 1. The first kappa shape index (κ1) is 8.75. The maximum Gasteiger partial charge on any atom is 0.128 e. The molecule has 0 saturated carbocycles. The summed E-state index contributed by atoms with van der Waals surface area (Å²) in [6.45, 7) is 3.65. The van der Waals surface area contributed by atoms with Crippen LogP contribution in [0, 0.1) is 0 Å². The van der Waals surface area contributed by atoms with Crippen molar-refractivity contribution in [1.29, 1.82) is 0 Å². The Morgan fingerprint density at radius 2 is 2.21 bits per heavy atom. The molecule has 0 amide bonds. The first-order valence-electron chi connectivity index (χ1n) is 4.49. The van der Waals surface area contributed by atoms with Crippen molar-refractivity contribution in [3.05, 3.63) is 48.7 Å². The van der Waals surface area contributed by atoms with Gasteiger partial charge in [-0.3, -0.25) is 4.98 Å². The molecule has 0 bridgehead atoms. The molecule has 0 unspecified atom stereocenters. The van der Waals surface area contributed by atoms with Crippen molar-refractivity contribution in [3.8, 4) is 5.75 Å². The molecule has 2 heteroatoms. The fourth-order valence-electron chi connectivity index (χ4n) is 1.50. The minimum absolute atomic E-state index is 0.315. The number of phenols is 1. The van der Waals surface area contributed by atoms with Crippen molar-refractivity contribution >= 4 is 10.9 Å². The van der Waals surface area contributed by atoms with Crippen LogP contribution in [0.5, 0.6) is 5.75 Å². The number of hydrogen-bond donors (Lipinski definition) is 1. The first-order chi connectivity index (χ1) is 6.83. The number of pyridine rings is 1. The van der Waals surface area contributed by atoms with Crippen LogP contribution in [0.2, 0.25) is 0 Å². The van der Waals surface area contributed by atoms with Gasteiger partial charge < -0.3 is 5.11 Å². The molecule has 0 aliphatic rings. The Bertz CT molecular complexity index is 477. The average molecular weight is 185 g/mol. The average Bonchev–Trinajstić information content (AvgIpc) is 2.23. The Hall–Kier alpha value is -1.83. The van der Waals surface area contributed by atoms with Crippen LogP contribution in [0.25, 0.3) is 10.9 Å². The number of rotatable bonds is 2. The maximum absolute atomic E-state index is 9.89. The summed E-state index contributed by atoms with van der Waals surface area (Å²) in [5.74, 6) is 0.315. The van der Waals surface area contributed by atoms with E-state index < -0.39 is 0 Å². The lowest BCUT2D eigenvalue weighted by Gasteiger charge is -2.04. The molecule has 1 aromatic heterocycles. The predicted octanol–water partition coefficient (Wildman–Crippen LogP) is 2.67. The van der Waals surface area contributed by atoms with Gasteiger partial charge in [-0.15, -0.1) is 6.58 Å². The smallest absolute Gasteiger partial charge is 0.128 e. The Kier molecular flexibility index (Phi) is 2.19. The van der Waals surface area contributed by atoms with Crippen LogP contribution in [0.15, 0.2) is 43.1 Å². The lowest BCUT2D eigenvalue weighted by molar-refractivity contribution is 0.476. The van der Waals surface area contributed by atoms with Crippen LogP contribution in [0.4, 0.5) is 0 Å². The highest BCUT2D eigenvalue weighted by atomic mass is 16.3. The quantitative estimate of drug-likeness (QED) is 0.729. The zero-order chi connectivity index (χ0) is 9.97. The molecule has 2 rings (SSSR count). The Morgan fingerprint density at radius 1 is 1.36 bits per heavy atom.